The zero-order valence-corrected chi connectivity index (χ0v) is 16.5. The third-order valence-electron chi connectivity index (χ3n) is 4.52. The fourth-order valence-corrected chi connectivity index (χ4v) is 2.96. The van der Waals surface area contributed by atoms with Crippen LogP contribution in [0.3, 0.4) is 0 Å². The molecule has 0 aliphatic rings. The largest absolute Gasteiger partial charge is 0.497 e. The molecule has 152 valence electrons. The number of ether oxygens (including phenoxy) is 1. The van der Waals surface area contributed by atoms with Crippen LogP contribution in [0.2, 0.25) is 0 Å². The van der Waals surface area contributed by atoms with Crippen LogP contribution >= 0.6 is 0 Å². The Bertz CT molecular complexity index is 840. The van der Waals surface area contributed by atoms with Crippen molar-refractivity contribution in [3.8, 4) is 5.75 Å². The third kappa shape index (κ3) is 5.82. The Hall–Kier alpha value is -2.87. The molecule has 8 heteroatoms. The molecule has 0 radical (unpaired) electrons. The first-order chi connectivity index (χ1) is 13.3. The van der Waals surface area contributed by atoms with Gasteiger partial charge in [-0.25, -0.2) is 0 Å². The van der Waals surface area contributed by atoms with E-state index in [0.29, 0.717) is 6.54 Å². The van der Waals surface area contributed by atoms with Crippen molar-refractivity contribution in [3.05, 3.63) is 30.0 Å². The van der Waals surface area contributed by atoms with Gasteiger partial charge in [-0.3, -0.25) is 14.6 Å². The lowest BCUT2D eigenvalue weighted by Gasteiger charge is -2.18. The van der Waals surface area contributed by atoms with Crippen LogP contribution in [-0.2, 0) is 9.59 Å². The molecule has 28 heavy (non-hydrogen) atoms. The molecule has 1 amide bonds. The minimum absolute atomic E-state index is 0.141. The fourth-order valence-electron chi connectivity index (χ4n) is 2.96. The number of pyridine rings is 1. The number of nitrogens with zero attached hydrogens (tertiary/aromatic N) is 1. The number of methoxy groups -OCH3 is 1. The highest BCUT2D eigenvalue weighted by molar-refractivity contribution is 5.94. The number of carboxylic acid groups (broad SMARTS) is 1. The maximum absolute atomic E-state index is 11.7. The summed E-state index contributed by atoms with van der Waals surface area (Å²) in [4.78, 5) is 26.8. The van der Waals surface area contributed by atoms with Gasteiger partial charge in [0.25, 0.3) is 0 Å². The zero-order chi connectivity index (χ0) is 20.7. The van der Waals surface area contributed by atoms with Crippen molar-refractivity contribution >= 4 is 28.5 Å². The molecule has 1 unspecified atom stereocenters. The van der Waals surface area contributed by atoms with Gasteiger partial charge >= 0.3 is 5.97 Å². The SMILES string of the molecule is COc1cc(NC(C)CCCNC(=O)[C@@H](N)CC(=O)O)c2nccc(C)c2c1. The summed E-state index contributed by atoms with van der Waals surface area (Å²) in [6, 6.07) is 4.99. The van der Waals surface area contributed by atoms with E-state index >= 15 is 0 Å². The number of aryl methyl sites for hydroxylation is 1. The molecule has 2 atom stereocenters. The number of amides is 1. The number of carboxylic acids is 1. The number of benzene rings is 1. The first-order valence-electron chi connectivity index (χ1n) is 9.26. The number of aromatic nitrogens is 1. The van der Waals surface area contributed by atoms with Crippen LogP contribution in [0, 0.1) is 6.92 Å². The van der Waals surface area contributed by atoms with E-state index in [1.165, 1.54) is 0 Å². The Morgan fingerprint density at radius 1 is 1.36 bits per heavy atom. The van der Waals surface area contributed by atoms with Crippen molar-refractivity contribution in [1.29, 1.82) is 0 Å². The number of carbonyl (C=O) groups is 2. The molecule has 0 aliphatic heterocycles. The summed E-state index contributed by atoms with van der Waals surface area (Å²) in [7, 11) is 1.64. The normalized spacial score (nSPS) is 13.0. The Kier molecular flexibility index (Phi) is 7.57. The number of hydrogen-bond donors (Lipinski definition) is 4. The van der Waals surface area contributed by atoms with Crippen LogP contribution in [-0.4, -0.2) is 47.7 Å². The molecule has 1 aromatic carbocycles. The standard InChI is InChI=1S/C20H28N4O4/c1-12-6-8-22-19-15(12)9-14(28-3)10-17(19)24-13(2)5-4-7-23-20(27)16(21)11-18(25)26/h6,8-10,13,16,24H,4-5,7,11,21H2,1-3H3,(H,23,27)(H,25,26)/t13?,16-/m0/s1. The second kappa shape index (κ2) is 9.89. The summed E-state index contributed by atoms with van der Waals surface area (Å²) >= 11 is 0. The molecule has 0 aliphatic carbocycles. The first-order valence-corrected chi connectivity index (χ1v) is 9.26. The smallest absolute Gasteiger partial charge is 0.305 e. The molecular weight excluding hydrogens is 360 g/mol. The van der Waals surface area contributed by atoms with Crippen LogP contribution in [0.1, 0.15) is 31.7 Å². The Balaban J connectivity index is 1.91. The van der Waals surface area contributed by atoms with Gasteiger partial charge in [-0.15, -0.1) is 0 Å². The van der Waals surface area contributed by atoms with Gasteiger partial charge in [0, 0.05) is 30.2 Å². The van der Waals surface area contributed by atoms with E-state index in [1.54, 1.807) is 13.3 Å². The van der Waals surface area contributed by atoms with Crippen LogP contribution in [0.4, 0.5) is 5.69 Å². The predicted octanol–water partition coefficient (Wildman–Crippen LogP) is 2.05. The molecule has 5 N–H and O–H groups in total. The molecule has 0 spiro atoms. The van der Waals surface area contributed by atoms with Gasteiger partial charge in [0.1, 0.15) is 5.75 Å². The number of rotatable bonds is 10. The average molecular weight is 388 g/mol. The molecule has 1 heterocycles. The number of carbonyl (C=O) groups excluding carboxylic acids is 1. The van der Waals surface area contributed by atoms with Gasteiger partial charge in [-0.1, -0.05) is 0 Å². The number of hydrogen-bond acceptors (Lipinski definition) is 6. The molecule has 8 nitrogen and oxygen atoms in total. The van der Waals surface area contributed by atoms with Gasteiger partial charge in [-0.05, 0) is 44.4 Å². The quantitative estimate of drug-likeness (QED) is 0.459. The number of anilines is 1. The minimum Gasteiger partial charge on any atom is -0.497 e. The number of fused-ring (bicyclic) bond motifs is 1. The Labute approximate surface area is 164 Å². The van der Waals surface area contributed by atoms with Gasteiger partial charge in [-0.2, -0.15) is 0 Å². The molecule has 0 saturated heterocycles. The Morgan fingerprint density at radius 3 is 2.79 bits per heavy atom. The van der Waals surface area contributed by atoms with E-state index in [4.69, 9.17) is 15.6 Å². The second-order valence-corrected chi connectivity index (χ2v) is 6.88. The van der Waals surface area contributed by atoms with Gasteiger partial charge in [0.05, 0.1) is 30.8 Å². The first kappa shape index (κ1) is 21.4. The zero-order valence-electron chi connectivity index (χ0n) is 16.5. The summed E-state index contributed by atoms with van der Waals surface area (Å²) in [5.74, 6) is -0.769. The van der Waals surface area contributed by atoms with Crippen molar-refractivity contribution in [2.24, 2.45) is 5.73 Å². The second-order valence-electron chi connectivity index (χ2n) is 6.88. The van der Waals surface area contributed by atoms with Crippen molar-refractivity contribution in [3.63, 3.8) is 0 Å². The highest BCUT2D eigenvalue weighted by Crippen LogP contribution is 2.30. The van der Waals surface area contributed by atoms with E-state index in [1.807, 2.05) is 25.1 Å². The molecule has 2 rings (SSSR count). The maximum atomic E-state index is 11.7. The van der Waals surface area contributed by atoms with Crippen molar-refractivity contribution < 1.29 is 19.4 Å². The monoisotopic (exact) mass is 388 g/mol. The van der Waals surface area contributed by atoms with Gasteiger partial charge in [0.2, 0.25) is 5.91 Å². The van der Waals surface area contributed by atoms with Crippen LogP contribution < -0.4 is 21.1 Å². The van der Waals surface area contributed by atoms with E-state index in [9.17, 15) is 9.59 Å². The Morgan fingerprint density at radius 2 is 2.11 bits per heavy atom. The predicted molar refractivity (Wildman–Crippen MR) is 109 cm³/mol. The summed E-state index contributed by atoms with van der Waals surface area (Å²) in [5, 5.41) is 15.8. The van der Waals surface area contributed by atoms with E-state index in [2.05, 4.69) is 22.5 Å². The van der Waals surface area contributed by atoms with Crippen LogP contribution in [0.25, 0.3) is 10.9 Å². The van der Waals surface area contributed by atoms with E-state index in [0.717, 1.165) is 40.7 Å². The minimum atomic E-state index is -1.09. The third-order valence-corrected chi connectivity index (χ3v) is 4.52. The molecule has 2 aromatic rings. The summed E-state index contributed by atoms with van der Waals surface area (Å²) in [6.07, 6.45) is 2.95. The molecule has 0 fully saturated rings. The average Bonchev–Trinajstić information content (AvgIpc) is 2.65. The summed E-state index contributed by atoms with van der Waals surface area (Å²) < 4.78 is 5.41. The van der Waals surface area contributed by atoms with Crippen molar-refractivity contribution in [1.82, 2.24) is 10.3 Å². The van der Waals surface area contributed by atoms with Gasteiger partial charge < -0.3 is 26.2 Å². The molecule has 1 aromatic heterocycles. The molecule has 0 bridgehead atoms. The van der Waals surface area contributed by atoms with E-state index < -0.39 is 17.9 Å². The number of aliphatic carboxylic acids is 1. The van der Waals surface area contributed by atoms with Crippen molar-refractivity contribution in [2.45, 2.75) is 45.2 Å². The number of nitrogens with one attached hydrogen (secondary N) is 2. The van der Waals surface area contributed by atoms with E-state index in [-0.39, 0.29) is 12.5 Å². The highest BCUT2D eigenvalue weighted by Gasteiger charge is 2.16. The maximum Gasteiger partial charge on any atom is 0.305 e. The number of nitrogens with two attached hydrogens (primary N) is 1. The summed E-state index contributed by atoms with van der Waals surface area (Å²) in [6.45, 7) is 4.53. The van der Waals surface area contributed by atoms with Crippen LogP contribution in [0.5, 0.6) is 5.75 Å². The van der Waals surface area contributed by atoms with Crippen molar-refractivity contribution in [2.75, 3.05) is 19.0 Å². The lowest BCUT2D eigenvalue weighted by atomic mass is 10.1. The molecule has 0 saturated carbocycles. The lowest BCUT2D eigenvalue weighted by molar-refractivity contribution is -0.139. The molecular formula is C20H28N4O4. The lowest BCUT2D eigenvalue weighted by Crippen LogP contribution is -2.42. The topological polar surface area (TPSA) is 127 Å². The van der Waals surface area contributed by atoms with Gasteiger partial charge in [0.15, 0.2) is 0 Å². The van der Waals surface area contributed by atoms with Crippen LogP contribution in [0.15, 0.2) is 24.4 Å². The fraction of sp³-hybridized carbons (Fsp3) is 0.450. The highest BCUT2D eigenvalue weighted by atomic mass is 16.5. The summed E-state index contributed by atoms with van der Waals surface area (Å²) in [5.41, 5.74) is 8.45.